The Kier molecular flexibility index (Phi) is 8.08. The Bertz CT molecular complexity index is 483. The fourth-order valence-electron chi connectivity index (χ4n) is 1.59. The van der Waals surface area contributed by atoms with Gasteiger partial charge in [0.2, 0.25) is 0 Å². The first-order chi connectivity index (χ1) is 10.0. The van der Waals surface area contributed by atoms with Crippen LogP contribution in [0.2, 0.25) is 0 Å². The Morgan fingerprint density at radius 2 is 2.10 bits per heavy atom. The summed E-state index contributed by atoms with van der Waals surface area (Å²) >= 11 is 3.41. The van der Waals surface area contributed by atoms with Gasteiger partial charge in [-0.1, -0.05) is 26.0 Å². The molecule has 0 saturated heterocycles. The summed E-state index contributed by atoms with van der Waals surface area (Å²) in [5, 5.41) is 8.69. The van der Waals surface area contributed by atoms with E-state index in [0.29, 0.717) is 30.4 Å². The van der Waals surface area contributed by atoms with Crippen molar-refractivity contribution in [3.63, 3.8) is 0 Å². The van der Waals surface area contributed by atoms with Gasteiger partial charge in [-0.3, -0.25) is 0 Å². The topological polar surface area (TPSA) is 55.8 Å². The number of aliphatic carboxylic acids is 1. The molecule has 1 N–H and O–H groups in total. The molecule has 116 valence electrons. The van der Waals surface area contributed by atoms with Gasteiger partial charge in [-0.25, -0.2) is 4.79 Å². The van der Waals surface area contributed by atoms with Crippen LogP contribution in [0.25, 0.3) is 6.08 Å². The molecule has 0 heterocycles. The molecule has 0 saturated carbocycles. The zero-order chi connectivity index (χ0) is 15.7. The van der Waals surface area contributed by atoms with Crippen LogP contribution in [0.15, 0.2) is 28.7 Å². The monoisotopic (exact) mass is 356 g/mol. The predicted molar refractivity (Wildman–Crippen MR) is 86.6 cm³/mol. The summed E-state index contributed by atoms with van der Waals surface area (Å²) < 4.78 is 12.0. The SMILES string of the molecule is CC(C)CCOCCOc1c(Br)cccc1C=CC(=O)O. The molecule has 0 aromatic heterocycles. The molecule has 0 aliphatic rings. The Hall–Kier alpha value is -1.33. The molecule has 1 aromatic carbocycles. The fraction of sp³-hybridized carbons (Fsp3) is 0.438. The third kappa shape index (κ3) is 7.29. The zero-order valence-electron chi connectivity index (χ0n) is 12.3. The molecule has 4 nitrogen and oxygen atoms in total. The lowest BCUT2D eigenvalue weighted by Gasteiger charge is -2.12. The van der Waals surface area contributed by atoms with E-state index in [0.717, 1.165) is 23.6 Å². The van der Waals surface area contributed by atoms with E-state index >= 15 is 0 Å². The van der Waals surface area contributed by atoms with Gasteiger partial charge in [-0.15, -0.1) is 0 Å². The van der Waals surface area contributed by atoms with Crippen LogP contribution < -0.4 is 4.74 Å². The van der Waals surface area contributed by atoms with Gasteiger partial charge in [-0.2, -0.15) is 0 Å². The Morgan fingerprint density at radius 1 is 1.33 bits per heavy atom. The highest BCUT2D eigenvalue weighted by Gasteiger charge is 2.06. The number of rotatable bonds is 9. The highest BCUT2D eigenvalue weighted by Crippen LogP contribution is 2.30. The standard InChI is InChI=1S/C16H21BrO4/c1-12(2)8-9-20-10-11-21-16-13(6-7-15(18)19)4-3-5-14(16)17/h3-7,12H,8-11H2,1-2H3,(H,18,19). The number of halogens is 1. The number of carboxylic acid groups (broad SMARTS) is 1. The Balaban J connectivity index is 2.52. The van der Waals surface area contributed by atoms with Gasteiger partial charge in [0.05, 0.1) is 11.1 Å². The molecule has 0 bridgehead atoms. The van der Waals surface area contributed by atoms with Crippen molar-refractivity contribution in [2.75, 3.05) is 19.8 Å². The summed E-state index contributed by atoms with van der Waals surface area (Å²) in [6.07, 6.45) is 3.64. The number of carboxylic acids is 1. The van der Waals surface area contributed by atoms with Gasteiger partial charge in [0.25, 0.3) is 0 Å². The van der Waals surface area contributed by atoms with Crippen LogP contribution in [0.4, 0.5) is 0 Å². The number of ether oxygens (including phenoxy) is 2. The van der Waals surface area contributed by atoms with Crippen molar-refractivity contribution < 1.29 is 19.4 Å². The average Bonchev–Trinajstić information content (AvgIpc) is 2.41. The largest absolute Gasteiger partial charge is 0.489 e. The van der Waals surface area contributed by atoms with Crippen LogP contribution in [-0.4, -0.2) is 30.9 Å². The quantitative estimate of drug-likeness (QED) is 0.536. The van der Waals surface area contributed by atoms with E-state index in [1.54, 1.807) is 6.07 Å². The van der Waals surface area contributed by atoms with Crippen molar-refractivity contribution >= 4 is 28.0 Å². The normalized spacial score (nSPS) is 11.2. The third-order valence-corrected chi connectivity index (χ3v) is 3.34. The van der Waals surface area contributed by atoms with E-state index in [-0.39, 0.29) is 0 Å². The lowest BCUT2D eigenvalue weighted by atomic mass is 10.1. The second-order valence-electron chi connectivity index (χ2n) is 4.97. The molecular weight excluding hydrogens is 336 g/mol. The van der Waals surface area contributed by atoms with Crippen LogP contribution in [0.1, 0.15) is 25.8 Å². The smallest absolute Gasteiger partial charge is 0.328 e. The first-order valence-corrected chi connectivity index (χ1v) is 7.70. The Morgan fingerprint density at radius 3 is 2.76 bits per heavy atom. The van der Waals surface area contributed by atoms with Crippen molar-refractivity contribution in [3.05, 3.63) is 34.3 Å². The maximum atomic E-state index is 10.6. The molecule has 1 rings (SSSR count). The van der Waals surface area contributed by atoms with E-state index in [2.05, 4.69) is 29.8 Å². The molecule has 0 aliphatic carbocycles. The van der Waals surface area contributed by atoms with Gasteiger partial charge in [-0.05, 0) is 40.4 Å². The number of carbonyl (C=O) groups is 1. The van der Waals surface area contributed by atoms with E-state index < -0.39 is 5.97 Å². The Labute approximate surface area is 133 Å². The second kappa shape index (κ2) is 9.58. The molecule has 0 spiro atoms. The van der Waals surface area contributed by atoms with E-state index in [1.165, 1.54) is 6.08 Å². The second-order valence-corrected chi connectivity index (χ2v) is 5.83. The summed E-state index contributed by atoms with van der Waals surface area (Å²) in [7, 11) is 0. The summed E-state index contributed by atoms with van der Waals surface area (Å²) in [5.41, 5.74) is 0.717. The van der Waals surface area contributed by atoms with Crippen molar-refractivity contribution in [1.29, 1.82) is 0 Å². The van der Waals surface area contributed by atoms with Crippen LogP contribution in [0.3, 0.4) is 0 Å². The van der Waals surface area contributed by atoms with Crippen molar-refractivity contribution in [2.24, 2.45) is 5.92 Å². The minimum Gasteiger partial charge on any atom is -0.489 e. The minimum absolute atomic E-state index is 0.425. The highest BCUT2D eigenvalue weighted by molar-refractivity contribution is 9.10. The van der Waals surface area contributed by atoms with Gasteiger partial charge < -0.3 is 14.6 Å². The molecule has 0 aliphatic heterocycles. The first kappa shape index (κ1) is 17.7. The van der Waals surface area contributed by atoms with Crippen molar-refractivity contribution in [2.45, 2.75) is 20.3 Å². The van der Waals surface area contributed by atoms with E-state index in [1.807, 2.05) is 12.1 Å². The molecule has 0 fully saturated rings. The lowest BCUT2D eigenvalue weighted by molar-refractivity contribution is -0.131. The van der Waals surface area contributed by atoms with Crippen LogP contribution >= 0.6 is 15.9 Å². The number of hydrogen-bond acceptors (Lipinski definition) is 3. The summed E-state index contributed by atoms with van der Waals surface area (Å²) in [6, 6.07) is 5.49. The predicted octanol–water partition coefficient (Wildman–Crippen LogP) is 3.99. The molecule has 0 radical (unpaired) electrons. The lowest BCUT2D eigenvalue weighted by Crippen LogP contribution is -2.09. The number of para-hydroxylation sites is 1. The van der Waals surface area contributed by atoms with Crippen LogP contribution in [0, 0.1) is 5.92 Å². The highest BCUT2D eigenvalue weighted by atomic mass is 79.9. The van der Waals surface area contributed by atoms with Gasteiger partial charge in [0.15, 0.2) is 0 Å². The van der Waals surface area contributed by atoms with Gasteiger partial charge in [0.1, 0.15) is 12.4 Å². The molecule has 0 atom stereocenters. The number of hydrogen-bond donors (Lipinski definition) is 1. The van der Waals surface area contributed by atoms with Crippen LogP contribution in [-0.2, 0) is 9.53 Å². The molecule has 1 aromatic rings. The zero-order valence-corrected chi connectivity index (χ0v) is 13.9. The third-order valence-electron chi connectivity index (χ3n) is 2.72. The molecule has 0 unspecified atom stereocenters. The molecule has 5 heteroatoms. The maximum absolute atomic E-state index is 10.6. The molecular formula is C16H21BrO4. The maximum Gasteiger partial charge on any atom is 0.328 e. The van der Waals surface area contributed by atoms with Crippen LogP contribution in [0.5, 0.6) is 5.75 Å². The van der Waals surface area contributed by atoms with Crippen molar-refractivity contribution in [1.82, 2.24) is 0 Å². The van der Waals surface area contributed by atoms with Gasteiger partial charge >= 0.3 is 5.97 Å². The molecule has 0 amide bonds. The first-order valence-electron chi connectivity index (χ1n) is 6.90. The fourth-order valence-corrected chi connectivity index (χ4v) is 2.09. The number of benzene rings is 1. The van der Waals surface area contributed by atoms with E-state index in [4.69, 9.17) is 14.6 Å². The van der Waals surface area contributed by atoms with Gasteiger partial charge in [0, 0.05) is 18.2 Å². The summed E-state index contributed by atoms with van der Waals surface area (Å²) in [4.78, 5) is 10.6. The average molecular weight is 357 g/mol. The van der Waals surface area contributed by atoms with E-state index in [9.17, 15) is 4.79 Å². The summed E-state index contributed by atoms with van der Waals surface area (Å²) in [6.45, 7) is 5.97. The molecule has 21 heavy (non-hydrogen) atoms. The minimum atomic E-state index is -0.988. The summed E-state index contributed by atoms with van der Waals surface area (Å²) in [5.74, 6) is 0.266. The van der Waals surface area contributed by atoms with Crippen molar-refractivity contribution in [3.8, 4) is 5.75 Å².